The Morgan fingerprint density at radius 3 is 2.58 bits per heavy atom. The van der Waals surface area contributed by atoms with Crippen LogP contribution >= 0.6 is 0 Å². The van der Waals surface area contributed by atoms with Crippen LogP contribution in [0.4, 0.5) is 16.2 Å². The maximum atomic E-state index is 12.8. The molecule has 31 heavy (non-hydrogen) atoms. The smallest absolute Gasteiger partial charge is 0.325 e. The summed E-state index contributed by atoms with van der Waals surface area (Å²) < 4.78 is 10.1. The van der Waals surface area contributed by atoms with Gasteiger partial charge in [-0.25, -0.2) is 4.79 Å². The van der Waals surface area contributed by atoms with Gasteiger partial charge in [0, 0.05) is 45.1 Å². The van der Waals surface area contributed by atoms with Crippen LogP contribution in [0.1, 0.15) is 23.7 Å². The minimum absolute atomic E-state index is 0.207. The maximum absolute atomic E-state index is 12.8. The molecule has 1 aromatic rings. The molecule has 0 bridgehead atoms. The number of hydrogen-bond acceptors (Lipinski definition) is 7. The van der Waals surface area contributed by atoms with Gasteiger partial charge in [-0.1, -0.05) is 0 Å². The summed E-state index contributed by atoms with van der Waals surface area (Å²) in [7, 11) is 3.70. The topological polar surface area (TPSA) is 112 Å². The van der Waals surface area contributed by atoms with Crippen LogP contribution < -0.4 is 20.9 Å². The summed E-state index contributed by atoms with van der Waals surface area (Å²) in [6.07, 6.45) is 0.844. The number of anilines is 2. The maximum Gasteiger partial charge on any atom is 0.325 e. The molecule has 1 fully saturated rings. The largest absolute Gasteiger partial charge is 0.465 e. The molecule has 1 heterocycles. The fourth-order valence-corrected chi connectivity index (χ4v) is 3.15. The summed E-state index contributed by atoms with van der Waals surface area (Å²) in [6.45, 7) is 6.53. The third-order valence-electron chi connectivity index (χ3n) is 4.72. The highest BCUT2D eigenvalue weighted by Crippen LogP contribution is 2.23. The molecular formula is C21H33N5O5. The molecule has 0 unspecified atom stereocenters. The second-order valence-corrected chi connectivity index (χ2v) is 7.30. The Bertz CT molecular complexity index is 750. The van der Waals surface area contributed by atoms with E-state index in [2.05, 4.69) is 20.9 Å². The van der Waals surface area contributed by atoms with Gasteiger partial charge in [0.05, 0.1) is 25.4 Å². The Kier molecular flexibility index (Phi) is 10.0. The van der Waals surface area contributed by atoms with Crippen molar-refractivity contribution in [1.29, 1.82) is 0 Å². The van der Waals surface area contributed by atoms with Gasteiger partial charge in [-0.05, 0) is 38.1 Å². The second kappa shape index (κ2) is 12.8. The molecule has 1 aromatic carbocycles. The molecule has 0 aromatic heterocycles. The Labute approximate surface area is 183 Å². The highest BCUT2D eigenvalue weighted by molar-refractivity contribution is 6.02. The predicted molar refractivity (Wildman–Crippen MR) is 119 cm³/mol. The number of benzene rings is 1. The minimum atomic E-state index is -0.553. The quantitative estimate of drug-likeness (QED) is 0.370. The number of rotatable bonds is 10. The molecule has 0 aliphatic carbocycles. The number of morpholine rings is 1. The van der Waals surface area contributed by atoms with Crippen LogP contribution in [0, 0.1) is 0 Å². The van der Waals surface area contributed by atoms with Crippen molar-refractivity contribution in [2.45, 2.75) is 13.3 Å². The highest BCUT2D eigenvalue weighted by atomic mass is 16.5. The first-order chi connectivity index (χ1) is 14.9. The zero-order chi connectivity index (χ0) is 22.6. The van der Waals surface area contributed by atoms with Crippen LogP contribution in [0.25, 0.3) is 0 Å². The Hall–Kier alpha value is -2.85. The van der Waals surface area contributed by atoms with E-state index in [1.54, 1.807) is 25.1 Å². The van der Waals surface area contributed by atoms with E-state index in [1.165, 1.54) is 0 Å². The predicted octanol–water partition coefficient (Wildman–Crippen LogP) is 0.889. The first-order valence-electron chi connectivity index (χ1n) is 10.5. The SMILES string of the molecule is CCOC(=O)CNC(=O)Nc1ccc(N(C)C)c(C(=O)NCCCN2CCOCC2)c1. The van der Waals surface area contributed by atoms with Gasteiger partial charge < -0.3 is 30.3 Å². The first-order valence-corrected chi connectivity index (χ1v) is 10.5. The van der Waals surface area contributed by atoms with Crippen molar-refractivity contribution >= 4 is 29.3 Å². The molecule has 0 spiro atoms. The van der Waals surface area contributed by atoms with Gasteiger partial charge in [0.15, 0.2) is 0 Å². The highest BCUT2D eigenvalue weighted by Gasteiger charge is 2.16. The number of amides is 3. The third kappa shape index (κ3) is 8.42. The molecule has 172 valence electrons. The van der Waals surface area contributed by atoms with Crippen molar-refractivity contribution in [2.24, 2.45) is 0 Å². The molecule has 1 saturated heterocycles. The van der Waals surface area contributed by atoms with Crippen LogP contribution in [-0.2, 0) is 14.3 Å². The monoisotopic (exact) mass is 435 g/mol. The molecule has 10 nitrogen and oxygen atoms in total. The van der Waals surface area contributed by atoms with Gasteiger partial charge in [0.1, 0.15) is 6.54 Å². The lowest BCUT2D eigenvalue weighted by atomic mass is 10.1. The lowest BCUT2D eigenvalue weighted by Crippen LogP contribution is -2.38. The summed E-state index contributed by atoms with van der Waals surface area (Å²) in [6, 6.07) is 4.54. The Morgan fingerprint density at radius 1 is 1.16 bits per heavy atom. The molecule has 3 N–H and O–H groups in total. The molecular weight excluding hydrogens is 402 g/mol. The van der Waals surface area contributed by atoms with Crippen LogP contribution in [0.3, 0.4) is 0 Å². The van der Waals surface area contributed by atoms with Gasteiger partial charge in [0.25, 0.3) is 5.91 Å². The number of carbonyl (C=O) groups excluding carboxylic acids is 3. The van der Waals surface area contributed by atoms with E-state index in [4.69, 9.17) is 9.47 Å². The van der Waals surface area contributed by atoms with Gasteiger partial charge >= 0.3 is 12.0 Å². The zero-order valence-electron chi connectivity index (χ0n) is 18.5. The summed E-state index contributed by atoms with van der Waals surface area (Å²) in [5.41, 5.74) is 1.65. The number of hydrogen-bond donors (Lipinski definition) is 3. The van der Waals surface area contributed by atoms with Crippen molar-refractivity contribution in [3.05, 3.63) is 23.8 Å². The Balaban J connectivity index is 1.91. The van der Waals surface area contributed by atoms with E-state index in [9.17, 15) is 14.4 Å². The van der Waals surface area contributed by atoms with Crippen molar-refractivity contribution in [1.82, 2.24) is 15.5 Å². The minimum Gasteiger partial charge on any atom is -0.465 e. The summed E-state index contributed by atoms with van der Waals surface area (Å²) in [5.74, 6) is -0.723. The molecule has 3 amide bonds. The molecule has 0 atom stereocenters. The average molecular weight is 436 g/mol. The van der Waals surface area contributed by atoms with Crippen LogP contribution in [-0.4, -0.2) is 89.4 Å². The van der Waals surface area contributed by atoms with Gasteiger partial charge in [0.2, 0.25) is 0 Å². The molecule has 1 aliphatic heterocycles. The van der Waals surface area contributed by atoms with E-state index in [0.717, 1.165) is 45.0 Å². The number of carbonyl (C=O) groups is 3. The molecule has 2 rings (SSSR count). The van der Waals surface area contributed by atoms with E-state index >= 15 is 0 Å². The molecule has 10 heteroatoms. The van der Waals surface area contributed by atoms with E-state index in [0.29, 0.717) is 17.8 Å². The van der Waals surface area contributed by atoms with Crippen molar-refractivity contribution < 1.29 is 23.9 Å². The standard InChI is InChI=1S/C21H33N5O5/c1-4-31-19(27)15-23-21(29)24-16-6-7-18(25(2)3)17(14-16)20(28)22-8-5-9-26-10-12-30-13-11-26/h6-7,14H,4-5,8-13,15H2,1-3H3,(H,22,28)(H2,23,24,29). The molecule has 0 saturated carbocycles. The number of urea groups is 1. The van der Waals surface area contributed by atoms with Crippen LogP contribution in [0.2, 0.25) is 0 Å². The number of esters is 1. The number of nitrogens with zero attached hydrogens (tertiary/aromatic N) is 2. The molecule has 1 aliphatic rings. The van der Waals surface area contributed by atoms with Gasteiger partial charge in [-0.2, -0.15) is 0 Å². The lowest BCUT2D eigenvalue weighted by Gasteiger charge is -2.26. The normalized spacial score (nSPS) is 13.9. The third-order valence-corrected chi connectivity index (χ3v) is 4.72. The van der Waals surface area contributed by atoms with Crippen molar-refractivity contribution in [3.63, 3.8) is 0 Å². The fourth-order valence-electron chi connectivity index (χ4n) is 3.15. The fraction of sp³-hybridized carbons (Fsp3) is 0.571. The first kappa shape index (κ1) is 24.4. The summed E-state index contributed by atoms with van der Waals surface area (Å²) >= 11 is 0. The van der Waals surface area contributed by atoms with E-state index in [1.807, 2.05) is 19.0 Å². The number of ether oxygens (including phenoxy) is 2. The van der Waals surface area contributed by atoms with Crippen LogP contribution in [0.15, 0.2) is 18.2 Å². The Morgan fingerprint density at radius 2 is 1.90 bits per heavy atom. The van der Waals surface area contributed by atoms with E-state index < -0.39 is 12.0 Å². The lowest BCUT2D eigenvalue weighted by molar-refractivity contribution is -0.141. The summed E-state index contributed by atoms with van der Waals surface area (Å²) in [5, 5.41) is 8.02. The average Bonchev–Trinajstić information content (AvgIpc) is 2.76. The van der Waals surface area contributed by atoms with Gasteiger partial charge in [-0.15, -0.1) is 0 Å². The van der Waals surface area contributed by atoms with E-state index in [-0.39, 0.29) is 19.1 Å². The van der Waals surface area contributed by atoms with Gasteiger partial charge in [-0.3, -0.25) is 14.5 Å². The van der Waals surface area contributed by atoms with Crippen LogP contribution in [0.5, 0.6) is 0 Å². The second-order valence-electron chi connectivity index (χ2n) is 7.30. The van der Waals surface area contributed by atoms with Crippen molar-refractivity contribution in [2.75, 3.05) is 76.9 Å². The zero-order valence-corrected chi connectivity index (χ0v) is 18.5. The molecule has 0 radical (unpaired) electrons. The summed E-state index contributed by atoms with van der Waals surface area (Å²) in [4.78, 5) is 40.3. The number of nitrogens with one attached hydrogen (secondary N) is 3. The van der Waals surface area contributed by atoms with Crippen molar-refractivity contribution in [3.8, 4) is 0 Å².